The zero-order valence-corrected chi connectivity index (χ0v) is 15.7. The molecule has 0 aromatic heterocycles. The number of nitrogens with one attached hydrogen (secondary N) is 1. The van der Waals surface area contributed by atoms with Crippen molar-refractivity contribution < 1.29 is 26.4 Å². The Balaban J connectivity index is 2.59. The van der Waals surface area contributed by atoms with Crippen LogP contribution >= 0.6 is 11.6 Å². The van der Waals surface area contributed by atoms with Crippen molar-refractivity contribution in [2.45, 2.75) is 18.9 Å². The summed E-state index contributed by atoms with van der Waals surface area (Å²) in [6.45, 7) is 2.14. The first kappa shape index (κ1) is 21.0. The number of nitrogens with zero attached hydrogens (tertiary/aromatic N) is 1. The molecule has 2 rings (SSSR count). The summed E-state index contributed by atoms with van der Waals surface area (Å²) in [5.41, 5.74) is -5.07. The van der Waals surface area contributed by atoms with Gasteiger partial charge in [0.2, 0.25) is 0 Å². The normalized spacial score (nSPS) is 12.7. The molecule has 0 heterocycles. The summed E-state index contributed by atoms with van der Waals surface area (Å²) in [4.78, 5) is 5.19. The van der Waals surface area contributed by atoms with Crippen molar-refractivity contribution in [3.63, 3.8) is 0 Å². The molecule has 2 aromatic rings. The van der Waals surface area contributed by atoms with Gasteiger partial charge in [-0.3, -0.25) is 4.72 Å². The van der Waals surface area contributed by atoms with Gasteiger partial charge in [0.05, 0.1) is 5.69 Å². The number of anilines is 1. The molecular formula is C17H16ClF3N2O3S. The quantitative estimate of drug-likeness (QED) is 0.398. The molecule has 0 fully saturated rings. The van der Waals surface area contributed by atoms with Gasteiger partial charge in [0.1, 0.15) is 12.3 Å². The lowest BCUT2D eigenvalue weighted by Crippen LogP contribution is -2.30. The van der Waals surface area contributed by atoms with Crippen molar-refractivity contribution in [3.05, 3.63) is 64.7 Å². The van der Waals surface area contributed by atoms with Gasteiger partial charge in [0.25, 0.3) is 0 Å². The zero-order chi connectivity index (χ0) is 20.1. The Morgan fingerprint density at radius 2 is 1.85 bits per heavy atom. The predicted octanol–water partition coefficient (Wildman–Crippen LogP) is 4.78. The smallest absolute Gasteiger partial charge is 0.395 e. The average molecular weight is 421 g/mol. The lowest BCUT2D eigenvalue weighted by Gasteiger charge is -2.16. The van der Waals surface area contributed by atoms with Crippen molar-refractivity contribution in [2.24, 2.45) is 5.16 Å². The number of rotatable bonds is 7. The maximum absolute atomic E-state index is 12.8. The van der Waals surface area contributed by atoms with E-state index in [0.29, 0.717) is 12.0 Å². The minimum atomic E-state index is -5.62. The molecule has 0 radical (unpaired) electrons. The molecule has 0 atom stereocenters. The van der Waals surface area contributed by atoms with Crippen LogP contribution in [0.4, 0.5) is 18.9 Å². The second-order valence-corrected chi connectivity index (χ2v) is 7.49. The Labute approximate surface area is 159 Å². The largest absolute Gasteiger partial charge is 0.516 e. The molecule has 0 saturated carbocycles. The molecule has 0 amide bonds. The molecule has 2 aromatic carbocycles. The van der Waals surface area contributed by atoms with Crippen molar-refractivity contribution in [3.8, 4) is 0 Å². The van der Waals surface area contributed by atoms with E-state index in [1.54, 1.807) is 35.1 Å². The molecule has 5 nitrogen and oxygen atoms in total. The SMILES string of the molecule is CCCO/N=C(\c1ccccc1)c1cc(Cl)ccc1NS(=O)(=O)C(F)(F)F. The molecule has 0 spiro atoms. The van der Waals surface area contributed by atoms with Crippen LogP contribution in [0.3, 0.4) is 0 Å². The van der Waals surface area contributed by atoms with Crippen molar-refractivity contribution in [1.82, 2.24) is 0 Å². The van der Waals surface area contributed by atoms with E-state index in [1.807, 2.05) is 6.92 Å². The van der Waals surface area contributed by atoms with Crippen molar-refractivity contribution in [1.29, 1.82) is 0 Å². The highest BCUT2D eigenvalue weighted by atomic mass is 35.5. The Hall–Kier alpha value is -2.26. The fraction of sp³-hybridized carbons (Fsp3) is 0.235. The Bertz CT molecular complexity index is 917. The summed E-state index contributed by atoms with van der Waals surface area (Å²) in [6, 6.07) is 12.2. The zero-order valence-electron chi connectivity index (χ0n) is 14.1. The molecule has 0 aliphatic rings. The third kappa shape index (κ3) is 5.36. The Kier molecular flexibility index (Phi) is 6.72. The standard InChI is InChI=1S/C17H16ClF3N2O3S/c1-2-10-26-22-16(12-6-4-3-5-7-12)14-11-13(18)8-9-15(14)23-27(24,25)17(19,20)21/h3-9,11,23H,2,10H2,1H3/b22-16+. The second-order valence-electron chi connectivity index (χ2n) is 5.38. The number of benzene rings is 2. The number of hydrogen-bond acceptors (Lipinski definition) is 4. The van der Waals surface area contributed by atoms with Crippen LogP contribution in [0.15, 0.2) is 53.7 Å². The Morgan fingerprint density at radius 1 is 1.19 bits per heavy atom. The van der Waals surface area contributed by atoms with E-state index in [-0.39, 0.29) is 28.6 Å². The van der Waals surface area contributed by atoms with Gasteiger partial charge in [-0.2, -0.15) is 21.6 Å². The first-order valence-corrected chi connectivity index (χ1v) is 9.66. The van der Waals surface area contributed by atoms with Crippen LogP contribution in [0.1, 0.15) is 24.5 Å². The molecule has 0 aliphatic heterocycles. The number of sulfonamides is 1. The third-order valence-electron chi connectivity index (χ3n) is 3.28. The summed E-state index contributed by atoms with van der Waals surface area (Å²) in [5.74, 6) is 0. The first-order valence-electron chi connectivity index (χ1n) is 7.80. The van der Waals surface area contributed by atoms with Crippen LogP contribution in [0.25, 0.3) is 0 Å². The van der Waals surface area contributed by atoms with E-state index in [2.05, 4.69) is 5.16 Å². The van der Waals surface area contributed by atoms with Gasteiger partial charge in [-0.05, 0) is 24.6 Å². The van der Waals surface area contributed by atoms with E-state index in [0.717, 1.165) is 6.07 Å². The number of halogens is 4. The first-order chi connectivity index (χ1) is 12.7. The van der Waals surface area contributed by atoms with E-state index >= 15 is 0 Å². The molecule has 1 N–H and O–H groups in total. The van der Waals surface area contributed by atoms with E-state index < -0.39 is 15.5 Å². The number of alkyl halides is 3. The lowest BCUT2D eigenvalue weighted by molar-refractivity contribution is -0.0429. The number of hydrogen-bond donors (Lipinski definition) is 1. The lowest BCUT2D eigenvalue weighted by atomic mass is 10.0. The van der Waals surface area contributed by atoms with Gasteiger partial charge in [-0.1, -0.05) is 54.0 Å². The highest BCUT2D eigenvalue weighted by molar-refractivity contribution is 7.93. The predicted molar refractivity (Wildman–Crippen MR) is 98.4 cm³/mol. The highest BCUT2D eigenvalue weighted by Gasteiger charge is 2.46. The maximum Gasteiger partial charge on any atom is 0.516 e. The molecule has 27 heavy (non-hydrogen) atoms. The summed E-state index contributed by atoms with van der Waals surface area (Å²) in [5, 5.41) is 4.18. The Morgan fingerprint density at radius 3 is 2.44 bits per heavy atom. The van der Waals surface area contributed by atoms with Crippen LogP contribution < -0.4 is 4.72 Å². The van der Waals surface area contributed by atoms with Crippen LogP contribution in [0.5, 0.6) is 0 Å². The molecule has 0 aliphatic carbocycles. The summed E-state index contributed by atoms with van der Waals surface area (Å²) >= 11 is 5.98. The topological polar surface area (TPSA) is 67.8 Å². The molecule has 0 unspecified atom stereocenters. The monoisotopic (exact) mass is 420 g/mol. The minimum Gasteiger partial charge on any atom is -0.395 e. The molecular weight excluding hydrogens is 405 g/mol. The van der Waals surface area contributed by atoms with E-state index in [1.165, 1.54) is 12.1 Å². The van der Waals surface area contributed by atoms with Crippen molar-refractivity contribution in [2.75, 3.05) is 11.3 Å². The second kappa shape index (κ2) is 8.62. The fourth-order valence-corrected chi connectivity index (χ4v) is 2.81. The summed E-state index contributed by atoms with van der Waals surface area (Å²) < 4.78 is 62.9. The van der Waals surface area contributed by atoms with Gasteiger partial charge in [-0.25, -0.2) is 0 Å². The van der Waals surface area contributed by atoms with Gasteiger partial charge >= 0.3 is 15.5 Å². The van der Waals surface area contributed by atoms with Gasteiger partial charge < -0.3 is 4.84 Å². The van der Waals surface area contributed by atoms with E-state index in [9.17, 15) is 21.6 Å². The van der Waals surface area contributed by atoms with Crippen molar-refractivity contribution >= 4 is 33.0 Å². The van der Waals surface area contributed by atoms with Crippen LogP contribution in [-0.2, 0) is 14.9 Å². The molecule has 10 heteroatoms. The van der Waals surface area contributed by atoms with Crippen LogP contribution in [0, 0.1) is 0 Å². The molecule has 0 saturated heterocycles. The van der Waals surface area contributed by atoms with Gasteiger partial charge in [0.15, 0.2) is 0 Å². The molecule has 0 bridgehead atoms. The van der Waals surface area contributed by atoms with E-state index in [4.69, 9.17) is 16.4 Å². The maximum atomic E-state index is 12.8. The van der Waals surface area contributed by atoms with Crippen LogP contribution in [-0.4, -0.2) is 26.2 Å². The fourth-order valence-electron chi connectivity index (χ4n) is 2.06. The molecule has 146 valence electrons. The average Bonchev–Trinajstić information content (AvgIpc) is 2.60. The third-order valence-corrected chi connectivity index (χ3v) is 4.62. The van der Waals surface area contributed by atoms with Gasteiger partial charge in [-0.15, -0.1) is 0 Å². The summed E-state index contributed by atoms with van der Waals surface area (Å²) in [6.07, 6.45) is 0.661. The van der Waals surface area contributed by atoms with Gasteiger partial charge in [0, 0.05) is 16.1 Å². The highest BCUT2D eigenvalue weighted by Crippen LogP contribution is 2.30. The number of oxime groups is 1. The van der Waals surface area contributed by atoms with Crippen LogP contribution in [0.2, 0.25) is 5.02 Å². The summed E-state index contributed by atoms with van der Waals surface area (Å²) in [7, 11) is -5.62. The minimum absolute atomic E-state index is 0.0534.